The Bertz CT molecular complexity index is 610. The van der Waals surface area contributed by atoms with Crippen LogP contribution in [0.15, 0.2) is 6.07 Å². The Labute approximate surface area is 149 Å². The molecule has 25 heavy (non-hydrogen) atoms. The summed E-state index contributed by atoms with van der Waals surface area (Å²) in [4.78, 5) is 12.6. The molecule has 0 radical (unpaired) electrons. The fourth-order valence-corrected chi connectivity index (χ4v) is 3.13. The van der Waals surface area contributed by atoms with Gasteiger partial charge in [0.2, 0.25) is 5.75 Å². The van der Waals surface area contributed by atoms with E-state index in [0.717, 1.165) is 12.0 Å². The maximum absolute atomic E-state index is 12.6. The van der Waals surface area contributed by atoms with Gasteiger partial charge in [0.25, 0.3) is 0 Å². The molecule has 1 aromatic rings. The van der Waals surface area contributed by atoms with Crippen LogP contribution in [-0.2, 0) is 11.2 Å². The van der Waals surface area contributed by atoms with Crippen LogP contribution in [0.2, 0.25) is 0 Å². The highest BCUT2D eigenvalue weighted by Crippen LogP contribution is 2.45. The lowest BCUT2D eigenvalue weighted by atomic mass is 9.93. The zero-order valence-corrected chi connectivity index (χ0v) is 15.6. The molecular weight excluding hydrogens is 324 g/mol. The monoisotopic (exact) mass is 352 g/mol. The number of methoxy groups -OCH3 is 2. The number of carbonyl (C=O) groups excluding carboxylic acids is 1. The van der Waals surface area contributed by atoms with E-state index >= 15 is 0 Å². The molecule has 2 rings (SSSR count). The molecular formula is C19H28O6. The second-order valence-corrected chi connectivity index (χ2v) is 6.55. The van der Waals surface area contributed by atoms with Gasteiger partial charge < -0.3 is 24.1 Å². The Hall–Kier alpha value is -1.95. The Kier molecular flexibility index (Phi) is 6.53. The van der Waals surface area contributed by atoms with Crippen LogP contribution in [0.5, 0.6) is 17.2 Å². The van der Waals surface area contributed by atoms with Crippen molar-refractivity contribution in [1.82, 2.24) is 0 Å². The molecule has 0 saturated heterocycles. The molecule has 6 heteroatoms. The van der Waals surface area contributed by atoms with Gasteiger partial charge in [0.1, 0.15) is 11.7 Å². The first-order valence-corrected chi connectivity index (χ1v) is 8.74. The van der Waals surface area contributed by atoms with Crippen LogP contribution >= 0.6 is 0 Å². The van der Waals surface area contributed by atoms with Gasteiger partial charge in [0.15, 0.2) is 11.5 Å². The fourth-order valence-electron chi connectivity index (χ4n) is 3.13. The molecule has 0 unspecified atom stereocenters. The van der Waals surface area contributed by atoms with E-state index in [1.165, 1.54) is 7.11 Å². The molecule has 0 amide bonds. The summed E-state index contributed by atoms with van der Waals surface area (Å²) in [6.07, 6.45) is 1.58. The number of esters is 1. The molecule has 1 heterocycles. The minimum atomic E-state index is -0.475. The van der Waals surface area contributed by atoms with Gasteiger partial charge in [0.05, 0.1) is 26.4 Å². The van der Waals surface area contributed by atoms with Crippen molar-refractivity contribution < 1.29 is 28.8 Å². The topological polar surface area (TPSA) is 74.2 Å². The normalized spacial score (nSPS) is 17.7. The van der Waals surface area contributed by atoms with Crippen molar-refractivity contribution >= 4 is 5.97 Å². The minimum Gasteiger partial charge on any atom is -0.493 e. The smallest absolute Gasteiger partial charge is 0.342 e. The quantitative estimate of drug-likeness (QED) is 0.725. The second-order valence-electron chi connectivity index (χ2n) is 6.55. The van der Waals surface area contributed by atoms with Crippen molar-refractivity contribution in [1.29, 1.82) is 0 Å². The van der Waals surface area contributed by atoms with Crippen LogP contribution in [0.4, 0.5) is 0 Å². The largest absolute Gasteiger partial charge is 0.493 e. The molecule has 6 nitrogen and oxygen atoms in total. The number of aliphatic hydroxyl groups is 1. The maximum Gasteiger partial charge on any atom is 0.342 e. The van der Waals surface area contributed by atoms with Crippen molar-refractivity contribution in [2.45, 2.75) is 64.8 Å². The van der Waals surface area contributed by atoms with E-state index in [9.17, 15) is 9.90 Å². The summed E-state index contributed by atoms with van der Waals surface area (Å²) in [5, 5.41) is 10.0. The Morgan fingerprint density at radius 3 is 2.56 bits per heavy atom. The van der Waals surface area contributed by atoms with E-state index < -0.39 is 12.1 Å². The molecule has 0 aromatic heterocycles. The van der Waals surface area contributed by atoms with Crippen molar-refractivity contribution in [2.24, 2.45) is 0 Å². The lowest BCUT2D eigenvalue weighted by Gasteiger charge is -2.29. The summed E-state index contributed by atoms with van der Waals surface area (Å²) in [5.74, 6) is 0.802. The van der Waals surface area contributed by atoms with Crippen LogP contribution in [0.1, 0.15) is 56.0 Å². The molecule has 2 atom stereocenters. The van der Waals surface area contributed by atoms with Crippen molar-refractivity contribution in [3.05, 3.63) is 17.2 Å². The number of hydrogen-bond donors (Lipinski definition) is 1. The summed E-state index contributed by atoms with van der Waals surface area (Å²) >= 11 is 0. The number of aliphatic hydroxyl groups excluding tert-OH is 1. The number of fused-ring (bicyclic) bond motifs is 1. The standard InChI is InChI=1S/C19H28O6/c1-6-7-13(20)10-14-8-12-9-15(22-4)17(24-11(2)3)18(23-5)16(12)19(21)25-14/h9,11,13-14,20H,6-8,10H2,1-5H3/t13-,14-/m0/s1. The summed E-state index contributed by atoms with van der Waals surface area (Å²) in [6.45, 7) is 5.79. The summed E-state index contributed by atoms with van der Waals surface area (Å²) in [5.41, 5.74) is 1.16. The Morgan fingerprint density at radius 2 is 2.00 bits per heavy atom. The summed E-state index contributed by atoms with van der Waals surface area (Å²) < 4.78 is 22.2. The number of cyclic esters (lactones) is 1. The maximum atomic E-state index is 12.6. The van der Waals surface area contributed by atoms with E-state index in [2.05, 4.69) is 0 Å². The third-order valence-electron chi connectivity index (χ3n) is 4.14. The molecule has 1 aliphatic heterocycles. The summed E-state index contributed by atoms with van der Waals surface area (Å²) in [6, 6.07) is 1.80. The predicted octanol–water partition coefficient (Wildman–Crippen LogP) is 3.12. The fraction of sp³-hybridized carbons (Fsp3) is 0.632. The summed E-state index contributed by atoms with van der Waals surface area (Å²) in [7, 11) is 3.05. The van der Waals surface area contributed by atoms with Crippen LogP contribution < -0.4 is 14.2 Å². The van der Waals surface area contributed by atoms with E-state index in [-0.39, 0.29) is 12.2 Å². The first-order chi connectivity index (χ1) is 11.9. The van der Waals surface area contributed by atoms with Crippen LogP contribution in [-0.4, -0.2) is 43.6 Å². The van der Waals surface area contributed by atoms with Gasteiger partial charge in [-0.1, -0.05) is 13.3 Å². The Balaban J connectivity index is 2.39. The highest BCUT2D eigenvalue weighted by molar-refractivity contribution is 5.97. The zero-order chi connectivity index (χ0) is 18.6. The van der Waals surface area contributed by atoms with Crippen LogP contribution in [0.25, 0.3) is 0 Å². The van der Waals surface area contributed by atoms with Gasteiger partial charge in [-0.3, -0.25) is 0 Å². The van der Waals surface area contributed by atoms with Gasteiger partial charge in [-0.05, 0) is 31.9 Å². The SMILES string of the molecule is CCC[C@H](O)C[C@@H]1Cc2cc(OC)c(OC(C)C)c(OC)c2C(=O)O1. The number of carbonyl (C=O) groups is 1. The highest BCUT2D eigenvalue weighted by Gasteiger charge is 2.34. The molecule has 0 bridgehead atoms. The molecule has 0 fully saturated rings. The molecule has 1 aromatic carbocycles. The van der Waals surface area contributed by atoms with E-state index in [4.69, 9.17) is 18.9 Å². The molecule has 1 N–H and O–H groups in total. The average Bonchev–Trinajstić information content (AvgIpc) is 2.54. The van der Waals surface area contributed by atoms with Crippen molar-refractivity contribution in [3.63, 3.8) is 0 Å². The van der Waals surface area contributed by atoms with Crippen molar-refractivity contribution in [3.8, 4) is 17.2 Å². The van der Waals surface area contributed by atoms with Gasteiger partial charge >= 0.3 is 5.97 Å². The van der Waals surface area contributed by atoms with Gasteiger partial charge in [-0.25, -0.2) is 4.79 Å². The average molecular weight is 352 g/mol. The Morgan fingerprint density at radius 1 is 1.28 bits per heavy atom. The molecule has 0 saturated carbocycles. The molecule has 140 valence electrons. The highest BCUT2D eigenvalue weighted by atomic mass is 16.6. The van der Waals surface area contributed by atoms with E-state index in [0.29, 0.717) is 42.1 Å². The first kappa shape index (κ1) is 19.4. The third-order valence-corrected chi connectivity index (χ3v) is 4.14. The van der Waals surface area contributed by atoms with Crippen molar-refractivity contribution in [2.75, 3.05) is 14.2 Å². The number of ether oxygens (including phenoxy) is 4. The lowest BCUT2D eigenvalue weighted by molar-refractivity contribution is 0.00861. The second kappa shape index (κ2) is 8.43. The zero-order valence-electron chi connectivity index (χ0n) is 15.6. The number of benzene rings is 1. The minimum absolute atomic E-state index is 0.0996. The third kappa shape index (κ3) is 4.37. The molecule has 1 aliphatic rings. The molecule has 0 aliphatic carbocycles. The first-order valence-electron chi connectivity index (χ1n) is 8.74. The molecule has 0 spiro atoms. The van der Waals surface area contributed by atoms with E-state index in [1.54, 1.807) is 13.2 Å². The van der Waals surface area contributed by atoms with Crippen LogP contribution in [0, 0.1) is 0 Å². The van der Waals surface area contributed by atoms with Gasteiger partial charge in [-0.2, -0.15) is 0 Å². The van der Waals surface area contributed by atoms with Gasteiger partial charge in [0, 0.05) is 12.8 Å². The predicted molar refractivity (Wildman–Crippen MR) is 93.7 cm³/mol. The lowest BCUT2D eigenvalue weighted by Crippen LogP contribution is -2.31. The van der Waals surface area contributed by atoms with E-state index in [1.807, 2.05) is 20.8 Å². The van der Waals surface area contributed by atoms with Gasteiger partial charge in [-0.15, -0.1) is 0 Å². The number of rotatable bonds is 8. The number of hydrogen-bond acceptors (Lipinski definition) is 6. The van der Waals surface area contributed by atoms with Crippen LogP contribution in [0.3, 0.4) is 0 Å².